The third-order valence-electron chi connectivity index (χ3n) is 5.30. The Morgan fingerprint density at radius 1 is 1.06 bits per heavy atom. The fraction of sp³-hybridized carbons (Fsp3) is 0.364. The number of para-hydroxylation sites is 2. The average Bonchev–Trinajstić information content (AvgIpc) is 3.28. The van der Waals surface area contributed by atoms with Crippen molar-refractivity contribution in [3.63, 3.8) is 0 Å². The van der Waals surface area contributed by atoms with Crippen molar-refractivity contribution in [2.75, 3.05) is 45.2 Å². The summed E-state index contributed by atoms with van der Waals surface area (Å²) in [4.78, 5) is 16.7. The molecule has 0 radical (unpaired) electrons. The number of amides is 2. The zero-order valence-corrected chi connectivity index (χ0v) is 18.3. The summed E-state index contributed by atoms with van der Waals surface area (Å²) >= 11 is 0. The minimum atomic E-state index is -0.131. The lowest BCUT2D eigenvalue weighted by molar-refractivity contribution is 0.140. The Kier molecular flexibility index (Phi) is 6.81. The van der Waals surface area contributed by atoms with Gasteiger partial charge in [0.25, 0.3) is 0 Å². The number of hydrogen-bond donors (Lipinski definition) is 1. The van der Waals surface area contributed by atoms with Crippen molar-refractivity contribution in [3.8, 4) is 17.2 Å². The number of carbonyl (C=O) groups excluding carboxylic acids is 1. The highest BCUT2D eigenvalue weighted by molar-refractivity contribution is 5.91. The molecule has 32 heavy (non-hydrogen) atoms. The Bertz CT molecular complexity index is 1030. The van der Waals surface area contributed by atoms with Crippen LogP contribution >= 0.6 is 0 Å². The first-order valence-electron chi connectivity index (χ1n) is 10.6. The molecule has 0 aliphatic carbocycles. The van der Waals surface area contributed by atoms with Gasteiger partial charge < -0.3 is 19.7 Å². The Hall–Kier alpha value is -3.66. The zero-order valence-electron chi connectivity index (χ0n) is 18.3. The van der Waals surface area contributed by atoms with Gasteiger partial charge >= 0.3 is 6.03 Å². The molecule has 1 aromatic heterocycles. The highest BCUT2D eigenvalue weighted by Gasteiger charge is 2.23. The number of anilines is 1. The standard InChI is InChI=1S/C22H27N7O3/c1-3-32-18-10-8-17(9-11-18)29-21(24-25-26-29)16-27-12-14-28(15-13-27)22(30)23-19-6-4-5-7-20(19)31-2/h4-11H,3,12-16H2,1-2H3,(H,23,30). The van der Waals surface area contributed by atoms with E-state index in [1.54, 1.807) is 16.7 Å². The first kappa shape index (κ1) is 21.6. The maximum absolute atomic E-state index is 12.7. The average molecular weight is 438 g/mol. The summed E-state index contributed by atoms with van der Waals surface area (Å²) in [6.07, 6.45) is 0. The number of methoxy groups -OCH3 is 1. The van der Waals surface area contributed by atoms with Crippen molar-refractivity contribution in [1.29, 1.82) is 0 Å². The van der Waals surface area contributed by atoms with Crippen LogP contribution in [0.15, 0.2) is 48.5 Å². The van der Waals surface area contributed by atoms with Crippen LogP contribution in [-0.4, -0.2) is 75.9 Å². The second-order valence-electron chi connectivity index (χ2n) is 7.33. The summed E-state index contributed by atoms with van der Waals surface area (Å²) in [6, 6.07) is 14.9. The molecule has 10 nitrogen and oxygen atoms in total. The molecule has 1 fully saturated rings. The van der Waals surface area contributed by atoms with Crippen LogP contribution in [-0.2, 0) is 6.54 Å². The van der Waals surface area contributed by atoms with Crippen molar-refractivity contribution in [3.05, 3.63) is 54.4 Å². The number of carbonyl (C=O) groups is 1. The Morgan fingerprint density at radius 3 is 2.53 bits per heavy atom. The quantitative estimate of drug-likeness (QED) is 0.606. The summed E-state index contributed by atoms with van der Waals surface area (Å²) in [5.41, 5.74) is 1.54. The molecule has 4 rings (SSSR count). The summed E-state index contributed by atoms with van der Waals surface area (Å²) in [5, 5.41) is 15.1. The summed E-state index contributed by atoms with van der Waals surface area (Å²) < 4.78 is 12.5. The van der Waals surface area contributed by atoms with Gasteiger partial charge in [0, 0.05) is 26.2 Å². The van der Waals surface area contributed by atoms with Gasteiger partial charge in [-0.2, -0.15) is 4.68 Å². The summed E-state index contributed by atoms with van der Waals surface area (Å²) in [7, 11) is 1.59. The number of nitrogens with zero attached hydrogens (tertiary/aromatic N) is 6. The molecule has 0 atom stereocenters. The lowest BCUT2D eigenvalue weighted by atomic mass is 10.3. The van der Waals surface area contributed by atoms with Crippen LogP contribution in [0.1, 0.15) is 12.7 Å². The molecule has 0 unspecified atom stereocenters. The largest absolute Gasteiger partial charge is 0.495 e. The molecule has 0 saturated carbocycles. The molecule has 168 valence electrons. The van der Waals surface area contributed by atoms with Gasteiger partial charge in [-0.3, -0.25) is 4.90 Å². The van der Waals surface area contributed by atoms with E-state index in [0.29, 0.717) is 37.7 Å². The molecule has 1 aliphatic heterocycles. The molecule has 2 aromatic carbocycles. The van der Waals surface area contributed by atoms with Crippen LogP contribution in [0.3, 0.4) is 0 Å². The van der Waals surface area contributed by atoms with E-state index >= 15 is 0 Å². The third-order valence-corrected chi connectivity index (χ3v) is 5.30. The van der Waals surface area contributed by atoms with E-state index in [9.17, 15) is 4.79 Å². The number of aromatic nitrogens is 4. The van der Waals surface area contributed by atoms with Gasteiger partial charge in [0.15, 0.2) is 5.82 Å². The van der Waals surface area contributed by atoms with Gasteiger partial charge in [0.05, 0.1) is 31.6 Å². The van der Waals surface area contributed by atoms with E-state index in [2.05, 4.69) is 25.7 Å². The lowest BCUT2D eigenvalue weighted by Gasteiger charge is -2.34. The van der Waals surface area contributed by atoms with E-state index in [4.69, 9.17) is 9.47 Å². The van der Waals surface area contributed by atoms with Crippen LogP contribution in [0.5, 0.6) is 11.5 Å². The Labute approximate surface area is 186 Å². The minimum Gasteiger partial charge on any atom is -0.495 e. The molecule has 1 aliphatic rings. The van der Waals surface area contributed by atoms with Gasteiger partial charge in [-0.05, 0) is 53.7 Å². The maximum atomic E-state index is 12.7. The molecule has 0 bridgehead atoms. The van der Waals surface area contributed by atoms with Crippen molar-refractivity contribution >= 4 is 11.7 Å². The second-order valence-corrected chi connectivity index (χ2v) is 7.33. The predicted octanol–water partition coefficient (Wildman–Crippen LogP) is 2.42. The second kappa shape index (κ2) is 10.1. The Morgan fingerprint density at radius 2 is 1.81 bits per heavy atom. The number of piperazine rings is 1. The number of urea groups is 1. The van der Waals surface area contributed by atoms with E-state index in [1.165, 1.54) is 0 Å². The van der Waals surface area contributed by atoms with E-state index < -0.39 is 0 Å². The topological polar surface area (TPSA) is 97.6 Å². The monoisotopic (exact) mass is 437 g/mol. The normalized spacial score (nSPS) is 14.2. The zero-order chi connectivity index (χ0) is 22.3. The number of ether oxygens (including phenoxy) is 2. The number of benzene rings is 2. The first-order valence-corrected chi connectivity index (χ1v) is 10.6. The third kappa shape index (κ3) is 4.97. The predicted molar refractivity (Wildman–Crippen MR) is 119 cm³/mol. The van der Waals surface area contributed by atoms with Gasteiger partial charge in [-0.15, -0.1) is 5.10 Å². The molecule has 3 aromatic rings. The van der Waals surface area contributed by atoms with Crippen LogP contribution in [0.25, 0.3) is 5.69 Å². The number of tetrazole rings is 1. The van der Waals surface area contributed by atoms with Crippen molar-refractivity contribution in [2.45, 2.75) is 13.5 Å². The molecule has 0 spiro atoms. The number of hydrogen-bond acceptors (Lipinski definition) is 7. The van der Waals surface area contributed by atoms with Gasteiger partial charge in [0.2, 0.25) is 0 Å². The van der Waals surface area contributed by atoms with Crippen LogP contribution in [0.2, 0.25) is 0 Å². The maximum Gasteiger partial charge on any atom is 0.322 e. The molecular formula is C22H27N7O3. The van der Waals surface area contributed by atoms with Crippen molar-refractivity contribution in [2.24, 2.45) is 0 Å². The van der Waals surface area contributed by atoms with Crippen molar-refractivity contribution in [1.82, 2.24) is 30.0 Å². The van der Waals surface area contributed by atoms with E-state index in [0.717, 1.165) is 30.4 Å². The molecule has 1 saturated heterocycles. The highest BCUT2D eigenvalue weighted by Crippen LogP contribution is 2.23. The van der Waals surface area contributed by atoms with Gasteiger partial charge in [-0.25, -0.2) is 4.79 Å². The van der Waals surface area contributed by atoms with E-state index in [1.807, 2.05) is 55.5 Å². The molecule has 2 heterocycles. The number of rotatable bonds is 7. The van der Waals surface area contributed by atoms with Crippen molar-refractivity contribution < 1.29 is 14.3 Å². The lowest BCUT2D eigenvalue weighted by Crippen LogP contribution is -2.49. The molecule has 2 amide bonds. The van der Waals surface area contributed by atoms with E-state index in [-0.39, 0.29) is 6.03 Å². The van der Waals surface area contributed by atoms with Gasteiger partial charge in [0.1, 0.15) is 11.5 Å². The molecule has 1 N–H and O–H groups in total. The fourth-order valence-electron chi connectivity index (χ4n) is 3.61. The SMILES string of the molecule is CCOc1ccc(-n2nnnc2CN2CCN(C(=O)Nc3ccccc3OC)CC2)cc1. The number of nitrogens with one attached hydrogen (secondary N) is 1. The summed E-state index contributed by atoms with van der Waals surface area (Å²) in [5.74, 6) is 2.20. The van der Waals surface area contributed by atoms with Crippen LogP contribution in [0, 0.1) is 0 Å². The van der Waals surface area contributed by atoms with Crippen LogP contribution < -0.4 is 14.8 Å². The van der Waals surface area contributed by atoms with Crippen LogP contribution in [0.4, 0.5) is 10.5 Å². The first-order chi connectivity index (χ1) is 15.7. The fourth-order valence-corrected chi connectivity index (χ4v) is 3.61. The summed E-state index contributed by atoms with van der Waals surface area (Å²) in [6.45, 7) is 5.87. The Balaban J connectivity index is 1.33. The highest BCUT2D eigenvalue weighted by atomic mass is 16.5. The van der Waals surface area contributed by atoms with Gasteiger partial charge in [-0.1, -0.05) is 12.1 Å². The minimum absolute atomic E-state index is 0.131. The smallest absolute Gasteiger partial charge is 0.322 e. The molecule has 10 heteroatoms. The molecular weight excluding hydrogens is 410 g/mol.